The fourth-order valence-corrected chi connectivity index (χ4v) is 2.43. The highest BCUT2D eigenvalue weighted by Gasteiger charge is 2.13. The first-order valence-corrected chi connectivity index (χ1v) is 6.82. The number of halogens is 1. The predicted molar refractivity (Wildman–Crippen MR) is 72.0 cm³/mol. The largest absolute Gasteiger partial charge is 0.492 e. The van der Waals surface area contributed by atoms with E-state index >= 15 is 0 Å². The third-order valence-electron chi connectivity index (χ3n) is 3.26. The summed E-state index contributed by atoms with van der Waals surface area (Å²) in [5, 5.41) is 4.31. The van der Waals surface area contributed by atoms with Gasteiger partial charge in [-0.25, -0.2) is 0 Å². The van der Waals surface area contributed by atoms with Crippen molar-refractivity contribution in [1.29, 1.82) is 0 Å². The second-order valence-corrected chi connectivity index (χ2v) is 4.97. The van der Waals surface area contributed by atoms with Gasteiger partial charge in [-0.15, -0.1) is 0 Å². The van der Waals surface area contributed by atoms with Gasteiger partial charge in [0.05, 0.1) is 0 Å². The first kappa shape index (κ1) is 12.7. The van der Waals surface area contributed by atoms with Crippen molar-refractivity contribution in [1.82, 2.24) is 5.32 Å². The van der Waals surface area contributed by atoms with Crippen molar-refractivity contribution in [2.24, 2.45) is 0 Å². The Bertz CT molecular complexity index is 361. The van der Waals surface area contributed by atoms with E-state index in [2.05, 4.69) is 12.2 Å². The molecular weight excluding hydrogens is 234 g/mol. The van der Waals surface area contributed by atoms with Crippen LogP contribution in [-0.2, 0) is 6.42 Å². The lowest BCUT2D eigenvalue weighted by atomic mass is 10.1. The van der Waals surface area contributed by atoms with Gasteiger partial charge in [-0.2, -0.15) is 0 Å². The minimum absolute atomic E-state index is 0.504. The molecule has 1 aliphatic heterocycles. The number of piperidine rings is 1. The van der Waals surface area contributed by atoms with E-state index in [0.717, 1.165) is 35.9 Å². The van der Waals surface area contributed by atoms with Crippen LogP contribution in [0.5, 0.6) is 5.75 Å². The Labute approximate surface area is 108 Å². The summed E-state index contributed by atoms with van der Waals surface area (Å²) in [6, 6.07) is 6.42. The highest BCUT2D eigenvalue weighted by atomic mass is 35.5. The highest BCUT2D eigenvalue weighted by molar-refractivity contribution is 6.31. The normalized spacial score (nSPS) is 20.2. The Kier molecular flexibility index (Phi) is 4.69. The fraction of sp³-hybridized carbons (Fsp3) is 0.571. The van der Waals surface area contributed by atoms with Gasteiger partial charge in [-0.3, -0.25) is 0 Å². The van der Waals surface area contributed by atoms with Crippen molar-refractivity contribution in [2.45, 2.75) is 38.6 Å². The molecule has 0 spiro atoms. The standard InChI is InChI=1S/C14H20ClNO/c1-2-11-9-13(6-7-14(11)15)17-10-12-5-3-4-8-16-12/h6-7,9,12,16H,2-5,8,10H2,1H3. The second kappa shape index (κ2) is 6.27. The van der Waals surface area contributed by atoms with Gasteiger partial charge in [0.1, 0.15) is 12.4 Å². The van der Waals surface area contributed by atoms with Crippen LogP contribution in [0, 0.1) is 0 Å². The average molecular weight is 254 g/mol. The zero-order valence-corrected chi connectivity index (χ0v) is 11.1. The Balaban J connectivity index is 1.89. The molecule has 1 heterocycles. The molecule has 0 aromatic heterocycles. The summed E-state index contributed by atoms with van der Waals surface area (Å²) < 4.78 is 5.82. The van der Waals surface area contributed by atoms with Crippen molar-refractivity contribution in [2.75, 3.05) is 13.2 Å². The number of ether oxygens (including phenoxy) is 1. The number of benzene rings is 1. The van der Waals surface area contributed by atoms with E-state index in [1.807, 2.05) is 18.2 Å². The summed E-state index contributed by atoms with van der Waals surface area (Å²) in [6.07, 6.45) is 4.76. The zero-order chi connectivity index (χ0) is 12.1. The molecule has 1 aromatic rings. The molecule has 0 aliphatic carbocycles. The third kappa shape index (κ3) is 3.62. The lowest BCUT2D eigenvalue weighted by Gasteiger charge is -2.23. The molecule has 1 atom stereocenters. The van der Waals surface area contributed by atoms with Gasteiger partial charge in [0, 0.05) is 11.1 Å². The maximum Gasteiger partial charge on any atom is 0.119 e. The number of rotatable bonds is 4. The smallest absolute Gasteiger partial charge is 0.119 e. The molecule has 94 valence electrons. The van der Waals surface area contributed by atoms with Crippen molar-refractivity contribution in [3.8, 4) is 5.75 Å². The molecule has 0 radical (unpaired) electrons. The molecule has 0 amide bonds. The topological polar surface area (TPSA) is 21.3 Å². The van der Waals surface area contributed by atoms with E-state index in [4.69, 9.17) is 16.3 Å². The number of nitrogens with one attached hydrogen (secondary N) is 1. The first-order valence-electron chi connectivity index (χ1n) is 6.44. The maximum absolute atomic E-state index is 6.08. The van der Waals surface area contributed by atoms with Crippen LogP contribution >= 0.6 is 11.6 Å². The summed E-state index contributed by atoms with van der Waals surface area (Å²) in [5.41, 5.74) is 1.15. The van der Waals surface area contributed by atoms with Gasteiger partial charge in [-0.05, 0) is 49.6 Å². The molecule has 1 unspecified atom stereocenters. The van der Waals surface area contributed by atoms with E-state index < -0.39 is 0 Å². The number of hydrogen-bond acceptors (Lipinski definition) is 2. The average Bonchev–Trinajstić information content (AvgIpc) is 2.39. The van der Waals surface area contributed by atoms with Crippen LogP contribution in [-0.4, -0.2) is 19.2 Å². The monoisotopic (exact) mass is 253 g/mol. The first-order chi connectivity index (χ1) is 8.29. The SMILES string of the molecule is CCc1cc(OCC2CCCCN2)ccc1Cl. The van der Waals surface area contributed by atoms with Crippen molar-refractivity contribution >= 4 is 11.6 Å². The Morgan fingerprint density at radius 3 is 3.00 bits per heavy atom. The highest BCUT2D eigenvalue weighted by Crippen LogP contribution is 2.22. The molecular formula is C14H20ClNO. The molecule has 1 aliphatic rings. The van der Waals surface area contributed by atoms with Gasteiger partial charge in [0.25, 0.3) is 0 Å². The number of hydrogen-bond donors (Lipinski definition) is 1. The molecule has 1 saturated heterocycles. The van der Waals surface area contributed by atoms with Gasteiger partial charge in [0.2, 0.25) is 0 Å². The lowest BCUT2D eigenvalue weighted by molar-refractivity contribution is 0.239. The minimum atomic E-state index is 0.504. The van der Waals surface area contributed by atoms with Crippen molar-refractivity contribution in [3.05, 3.63) is 28.8 Å². The van der Waals surface area contributed by atoms with Crippen LogP contribution < -0.4 is 10.1 Å². The molecule has 2 rings (SSSR count). The van der Waals surface area contributed by atoms with E-state index in [1.54, 1.807) is 0 Å². The molecule has 1 aromatic carbocycles. The predicted octanol–water partition coefficient (Wildman–Crippen LogP) is 3.42. The maximum atomic E-state index is 6.08. The Morgan fingerprint density at radius 2 is 2.29 bits per heavy atom. The van der Waals surface area contributed by atoms with Crippen LogP contribution in [0.1, 0.15) is 31.7 Å². The molecule has 1 N–H and O–H groups in total. The van der Waals surface area contributed by atoms with Crippen LogP contribution in [0.2, 0.25) is 5.02 Å². The molecule has 3 heteroatoms. The zero-order valence-electron chi connectivity index (χ0n) is 10.3. The van der Waals surface area contributed by atoms with Crippen LogP contribution in [0.4, 0.5) is 0 Å². The van der Waals surface area contributed by atoms with Crippen molar-refractivity contribution < 1.29 is 4.74 Å². The van der Waals surface area contributed by atoms with Crippen molar-refractivity contribution in [3.63, 3.8) is 0 Å². The van der Waals surface area contributed by atoms with E-state index in [0.29, 0.717) is 6.04 Å². The minimum Gasteiger partial charge on any atom is -0.492 e. The Morgan fingerprint density at radius 1 is 1.41 bits per heavy atom. The third-order valence-corrected chi connectivity index (χ3v) is 3.63. The summed E-state index contributed by atoms with van der Waals surface area (Å²) in [6.45, 7) is 3.98. The summed E-state index contributed by atoms with van der Waals surface area (Å²) in [5.74, 6) is 0.929. The lowest BCUT2D eigenvalue weighted by Crippen LogP contribution is -2.38. The van der Waals surface area contributed by atoms with Gasteiger partial charge < -0.3 is 10.1 Å². The Hall–Kier alpha value is -0.730. The molecule has 0 saturated carbocycles. The van der Waals surface area contributed by atoms with Crippen LogP contribution in [0.25, 0.3) is 0 Å². The van der Waals surface area contributed by atoms with E-state index in [9.17, 15) is 0 Å². The summed E-state index contributed by atoms with van der Waals surface area (Å²) in [7, 11) is 0. The van der Waals surface area contributed by atoms with Gasteiger partial charge in [0.15, 0.2) is 0 Å². The molecule has 0 bridgehead atoms. The van der Waals surface area contributed by atoms with Crippen LogP contribution in [0.3, 0.4) is 0 Å². The summed E-state index contributed by atoms with van der Waals surface area (Å²) >= 11 is 6.08. The van der Waals surface area contributed by atoms with E-state index in [-0.39, 0.29) is 0 Å². The molecule has 1 fully saturated rings. The second-order valence-electron chi connectivity index (χ2n) is 4.56. The summed E-state index contributed by atoms with van der Waals surface area (Å²) in [4.78, 5) is 0. The quantitative estimate of drug-likeness (QED) is 0.888. The van der Waals surface area contributed by atoms with Crippen LogP contribution in [0.15, 0.2) is 18.2 Å². The van der Waals surface area contributed by atoms with Gasteiger partial charge >= 0.3 is 0 Å². The number of aryl methyl sites for hydroxylation is 1. The fourth-order valence-electron chi connectivity index (χ4n) is 2.17. The van der Waals surface area contributed by atoms with Gasteiger partial charge in [-0.1, -0.05) is 24.9 Å². The molecule has 17 heavy (non-hydrogen) atoms. The van der Waals surface area contributed by atoms with E-state index in [1.165, 1.54) is 19.3 Å². The molecule has 2 nitrogen and oxygen atoms in total.